The van der Waals surface area contributed by atoms with E-state index in [1.807, 2.05) is 18.7 Å². The molecule has 360 valence electrons. The molecular formula is C50H63N11O6S. The van der Waals surface area contributed by atoms with Crippen LogP contribution >= 0.6 is 11.3 Å². The Bertz CT molecular complexity index is 2630. The van der Waals surface area contributed by atoms with Crippen LogP contribution in [-0.4, -0.2) is 162 Å². The Morgan fingerprint density at radius 2 is 1.53 bits per heavy atom. The molecule has 0 spiro atoms. The Kier molecular flexibility index (Phi) is 13.2. The van der Waals surface area contributed by atoms with Crippen molar-refractivity contribution >= 4 is 45.1 Å². The molecule has 5 N–H and O–H groups in total. The lowest BCUT2D eigenvalue weighted by molar-refractivity contribution is -0.140. The van der Waals surface area contributed by atoms with Gasteiger partial charge in [0.1, 0.15) is 11.5 Å². The number of likely N-dealkylation sites (tertiary alicyclic amines) is 2. The maximum absolute atomic E-state index is 13.7. The molecule has 0 atom stereocenters. The van der Waals surface area contributed by atoms with Gasteiger partial charge in [-0.3, -0.25) is 24.3 Å². The number of benzene rings is 2. The number of aliphatic hydroxyl groups is 1. The van der Waals surface area contributed by atoms with Crippen LogP contribution in [0.5, 0.6) is 11.5 Å². The summed E-state index contributed by atoms with van der Waals surface area (Å²) in [4.78, 5) is 60.0. The van der Waals surface area contributed by atoms with Crippen LogP contribution in [0.25, 0.3) is 21.6 Å². The molecule has 17 nitrogen and oxygen atoms in total. The third-order valence-corrected chi connectivity index (χ3v) is 15.8. The summed E-state index contributed by atoms with van der Waals surface area (Å²) in [5.74, 6) is 1.29. The van der Waals surface area contributed by atoms with E-state index in [4.69, 9.17) is 20.4 Å². The fourth-order valence-electron chi connectivity index (χ4n) is 10.7. The number of phenols is 2. The van der Waals surface area contributed by atoms with Crippen LogP contribution in [0.2, 0.25) is 0 Å². The van der Waals surface area contributed by atoms with Gasteiger partial charge in [-0.15, -0.1) is 11.3 Å². The Hall–Kier alpha value is -5.50. The summed E-state index contributed by atoms with van der Waals surface area (Å²) in [7, 11) is 0. The second kappa shape index (κ2) is 19.5. The maximum atomic E-state index is 13.7. The maximum Gasteiger partial charge on any atom is 0.258 e. The first-order valence-electron chi connectivity index (χ1n) is 24.2. The van der Waals surface area contributed by atoms with E-state index in [1.165, 1.54) is 16.5 Å². The van der Waals surface area contributed by atoms with Crippen LogP contribution in [0.4, 0.5) is 11.8 Å². The van der Waals surface area contributed by atoms with Gasteiger partial charge in [-0.2, -0.15) is 0 Å². The number of anilines is 2. The molecule has 2 aromatic carbocycles. The third kappa shape index (κ3) is 9.98. The van der Waals surface area contributed by atoms with Crippen molar-refractivity contribution in [1.82, 2.24) is 44.4 Å². The average molecular weight is 946 g/mol. The van der Waals surface area contributed by atoms with Crippen LogP contribution in [0, 0.1) is 0 Å². The zero-order chi connectivity index (χ0) is 47.1. The second-order valence-corrected chi connectivity index (χ2v) is 20.8. The van der Waals surface area contributed by atoms with Crippen LogP contribution in [0.15, 0.2) is 48.8 Å². The van der Waals surface area contributed by atoms with E-state index in [0.29, 0.717) is 88.3 Å². The molecule has 0 bridgehead atoms. The van der Waals surface area contributed by atoms with Crippen molar-refractivity contribution in [2.45, 2.75) is 89.7 Å². The minimum atomic E-state index is -1.01. The standard InChI is InChI=1S/C50H63N11O6S/c1-32(2)39-23-40(43(63)24-42(39)62)48(65)61-29-34-4-3-33(21-35(34)30-61)28-56-9-5-37(6-10-56)58-13-15-59(16-14-58)44(64)25-50(66)7-11-57(12-8-50)31-38-22-41-45(68-38)47(60-17-19-67-20-18-60)55-46(54-41)36-26-52-49(51)53-27-36/h3-4,21-24,26-27,32,37,62-63,66H,5-20,25,28-31H2,1-2H3,(H2,51,52,53). The van der Waals surface area contributed by atoms with Gasteiger partial charge in [0, 0.05) is 108 Å². The molecule has 5 aliphatic heterocycles. The predicted octanol–water partition coefficient (Wildman–Crippen LogP) is 4.78. The predicted molar refractivity (Wildman–Crippen MR) is 260 cm³/mol. The van der Waals surface area contributed by atoms with Gasteiger partial charge < -0.3 is 40.5 Å². The first kappa shape index (κ1) is 46.2. The van der Waals surface area contributed by atoms with Gasteiger partial charge in [-0.05, 0) is 79.1 Å². The number of piperidine rings is 2. The van der Waals surface area contributed by atoms with Crippen molar-refractivity contribution in [2.24, 2.45) is 0 Å². The van der Waals surface area contributed by atoms with Gasteiger partial charge in [0.25, 0.3) is 5.91 Å². The topological polar surface area (TPSA) is 201 Å². The zero-order valence-electron chi connectivity index (χ0n) is 39.1. The van der Waals surface area contributed by atoms with Gasteiger partial charge in [0.15, 0.2) is 11.6 Å². The molecule has 10 rings (SSSR count). The number of amides is 2. The number of aromatic nitrogens is 4. The molecule has 5 aromatic rings. The molecule has 68 heavy (non-hydrogen) atoms. The van der Waals surface area contributed by atoms with Crippen molar-refractivity contribution in [3.63, 3.8) is 0 Å². The Balaban J connectivity index is 0.668. The monoisotopic (exact) mass is 945 g/mol. The molecule has 2 amide bonds. The summed E-state index contributed by atoms with van der Waals surface area (Å²) in [6.07, 6.45) is 6.74. The molecule has 0 aliphatic carbocycles. The van der Waals surface area contributed by atoms with Crippen LogP contribution < -0.4 is 10.6 Å². The lowest BCUT2D eigenvalue weighted by Gasteiger charge is -2.44. The van der Waals surface area contributed by atoms with E-state index in [2.05, 4.69) is 53.8 Å². The highest BCUT2D eigenvalue weighted by Gasteiger charge is 2.38. The summed E-state index contributed by atoms with van der Waals surface area (Å²) in [5.41, 5.74) is 10.7. The number of fused-ring (bicyclic) bond motifs is 2. The summed E-state index contributed by atoms with van der Waals surface area (Å²) < 4.78 is 6.67. The number of carbonyl (C=O) groups is 2. The zero-order valence-corrected chi connectivity index (χ0v) is 40.0. The number of ether oxygens (including phenoxy) is 1. The highest BCUT2D eigenvalue weighted by molar-refractivity contribution is 7.19. The van der Waals surface area contributed by atoms with Gasteiger partial charge >= 0.3 is 0 Å². The quantitative estimate of drug-likeness (QED) is 0.141. The number of aromatic hydroxyl groups is 2. The van der Waals surface area contributed by atoms with E-state index in [0.717, 1.165) is 92.4 Å². The van der Waals surface area contributed by atoms with E-state index in [-0.39, 0.29) is 47.2 Å². The van der Waals surface area contributed by atoms with Gasteiger partial charge in [0.05, 0.1) is 46.6 Å². The summed E-state index contributed by atoms with van der Waals surface area (Å²) in [6.45, 7) is 15.8. The molecule has 0 unspecified atom stereocenters. The van der Waals surface area contributed by atoms with Crippen molar-refractivity contribution < 1.29 is 29.6 Å². The van der Waals surface area contributed by atoms with E-state index in [1.54, 1.807) is 34.7 Å². The Morgan fingerprint density at radius 3 is 2.25 bits per heavy atom. The number of nitrogen functional groups attached to an aromatic ring is 1. The average Bonchev–Trinajstić information content (AvgIpc) is 3.96. The van der Waals surface area contributed by atoms with Gasteiger partial charge in [-0.1, -0.05) is 32.0 Å². The number of hydrogen-bond donors (Lipinski definition) is 4. The van der Waals surface area contributed by atoms with Crippen molar-refractivity contribution in [2.75, 3.05) is 89.3 Å². The number of piperazine rings is 1. The minimum absolute atomic E-state index is 0.00185. The van der Waals surface area contributed by atoms with E-state index in [9.17, 15) is 24.9 Å². The number of nitrogens with zero attached hydrogens (tertiary/aromatic N) is 10. The van der Waals surface area contributed by atoms with E-state index >= 15 is 0 Å². The lowest BCUT2D eigenvalue weighted by Crippen LogP contribution is -2.55. The number of morpholine rings is 1. The number of carbonyl (C=O) groups excluding carboxylic acids is 2. The highest BCUT2D eigenvalue weighted by Crippen LogP contribution is 2.38. The largest absolute Gasteiger partial charge is 0.508 e. The molecule has 4 fully saturated rings. The fraction of sp³-hybridized carbons (Fsp3) is 0.520. The SMILES string of the molecule is CC(C)c1cc(C(=O)N2Cc3ccc(CN4CCC(N5CCN(C(=O)CC6(O)CCN(Cc7cc8nc(-c9cnc(N)nc9)nc(N9CCOCC9)c8s7)CC6)CC5)CC4)cc3C2)c(O)cc1O. The Labute approximate surface area is 401 Å². The summed E-state index contributed by atoms with van der Waals surface area (Å²) in [5, 5.41) is 32.5. The minimum Gasteiger partial charge on any atom is -0.508 e. The van der Waals surface area contributed by atoms with Crippen molar-refractivity contribution in [3.05, 3.63) is 81.5 Å². The molecule has 5 aliphatic rings. The molecule has 4 saturated heterocycles. The van der Waals surface area contributed by atoms with Gasteiger partial charge in [0.2, 0.25) is 11.9 Å². The highest BCUT2D eigenvalue weighted by atomic mass is 32.1. The van der Waals surface area contributed by atoms with Crippen LogP contribution in [0.3, 0.4) is 0 Å². The van der Waals surface area contributed by atoms with Crippen LogP contribution in [0.1, 0.15) is 89.4 Å². The molecular weight excluding hydrogens is 883 g/mol. The fourth-order valence-corrected chi connectivity index (χ4v) is 11.8. The number of rotatable bonds is 11. The number of phenolic OH excluding ortho intramolecular Hbond substituents is 2. The first-order valence-corrected chi connectivity index (χ1v) is 25.0. The first-order chi connectivity index (χ1) is 32.8. The number of nitrogens with two attached hydrogens (primary N) is 1. The van der Waals surface area contributed by atoms with Gasteiger partial charge in [-0.25, -0.2) is 19.9 Å². The molecule has 0 saturated carbocycles. The summed E-state index contributed by atoms with van der Waals surface area (Å²) >= 11 is 1.71. The van der Waals surface area contributed by atoms with Crippen molar-refractivity contribution in [3.8, 4) is 22.9 Å². The third-order valence-electron chi connectivity index (χ3n) is 14.7. The normalized spacial score (nSPS) is 19.9. The molecule has 18 heteroatoms. The second-order valence-electron chi connectivity index (χ2n) is 19.7. The molecule has 8 heterocycles. The van der Waals surface area contributed by atoms with E-state index < -0.39 is 5.60 Å². The smallest absolute Gasteiger partial charge is 0.258 e. The molecule has 0 radical (unpaired) electrons. The number of hydrogen-bond acceptors (Lipinski definition) is 16. The lowest BCUT2D eigenvalue weighted by atomic mass is 9.87. The number of thiophene rings is 1. The van der Waals surface area contributed by atoms with Crippen molar-refractivity contribution in [1.29, 1.82) is 0 Å². The Morgan fingerprint density at radius 1 is 0.824 bits per heavy atom. The molecule has 3 aromatic heterocycles. The summed E-state index contributed by atoms with van der Waals surface area (Å²) in [6, 6.07) is 12.1. The van der Waals surface area contributed by atoms with Crippen LogP contribution in [-0.2, 0) is 35.7 Å².